The molecule has 1 heterocycles. The zero-order chi connectivity index (χ0) is 16.4. The van der Waals surface area contributed by atoms with Gasteiger partial charge in [0.2, 0.25) is 0 Å². The predicted molar refractivity (Wildman–Crippen MR) is 90.3 cm³/mol. The lowest BCUT2D eigenvalue weighted by atomic mass is 10.1. The van der Waals surface area contributed by atoms with Crippen LogP contribution in [0.2, 0.25) is 0 Å². The first-order valence-electron chi connectivity index (χ1n) is 7.46. The molecule has 24 heavy (non-hydrogen) atoms. The second kappa shape index (κ2) is 6.08. The van der Waals surface area contributed by atoms with Crippen LogP contribution in [0.15, 0.2) is 72.8 Å². The van der Waals surface area contributed by atoms with Crippen molar-refractivity contribution in [3.05, 3.63) is 84.9 Å². The lowest BCUT2D eigenvalue weighted by molar-refractivity contribution is 0.481. The summed E-state index contributed by atoms with van der Waals surface area (Å²) in [5, 5.41) is 0.954. The van der Waals surface area contributed by atoms with E-state index in [2.05, 4.69) is 16.3 Å². The molecule has 4 heteroatoms. The number of hydrogen-bond donors (Lipinski definition) is 0. The molecular formula is C20H12FN2O. The van der Waals surface area contributed by atoms with Gasteiger partial charge in [0.1, 0.15) is 17.3 Å². The van der Waals surface area contributed by atoms with Crippen molar-refractivity contribution in [1.82, 2.24) is 9.97 Å². The topological polar surface area (TPSA) is 35.0 Å². The molecule has 0 saturated heterocycles. The Hall–Kier alpha value is -3.27. The van der Waals surface area contributed by atoms with Gasteiger partial charge in [-0.3, -0.25) is 0 Å². The Kier molecular flexibility index (Phi) is 3.63. The maximum atomic E-state index is 13.0. The number of nitrogens with zero attached hydrogens (tertiary/aromatic N) is 2. The van der Waals surface area contributed by atoms with Crippen molar-refractivity contribution < 1.29 is 9.13 Å². The maximum Gasteiger partial charge on any atom is 0.198 e. The summed E-state index contributed by atoms with van der Waals surface area (Å²) in [6, 6.07) is 21.3. The highest BCUT2D eigenvalue weighted by Gasteiger charge is 2.07. The molecule has 0 saturated carbocycles. The Morgan fingerprint density at radius 2 is 1.62 bits per heavy atom. The van der Waals surface area contributed by atoms with Gasteiger partial charge in [0.25, 0.3) is 0 Å². The van der Waals surface area contributed by atoms with Gasteiger partial charge in [-0.1, -0.05) is 30.3 Å². The average Bonchev–Trinajstić information content (AvgIpc) is 2.63. The van der Waals surface area contributed by atoms with Gasteiger partial charge >= 0.3 is 0 Å². The first kappa shape index (κ1) is 14.3. The van der Waals surface area contributed by atoms with Gasteiger partial charge in [0.05, 0.1) is 11.2 Å². The Balaban J connectivity index is 1.73. The summed E-state index contributed by atoms with van der Waals surface area (Å²) in [6.45, 7) is 0. The van der Waals surface area contributed by atoms with E-state index in [0.717, 1.165) is 22.2 Å². The van der Waals surface area contributed by atoms with E-state index in [4.69, 9.17) is 4.74 Å². The number of benzene rings is 3. The van der Waals surface area contributed by atoms with E-state index in [0.29, 0.717) is 11.5 Å². The number of fused-ring (bicyclic) bond motifs is 1. The number of rotatable bonds is 3. The van der Waals surface area contributed by atoms with Gasteiger partial charge in [0, 0.05) is 10.9 Å². The van der Waals surface area contributed by atoms with Crippen molar-refractivity contribution in [1.29, 1.82) is 0 Å². The summed E-state index contributed by atoms with van der Waals surface area (Å²) in [7, 11) is 0. The van der Waals surface area contributed by atoms with Gasteiger partial charge in [-0.05, 0) is 42.5 Å². The van der Waals surface area contributed by atoms with Gasteiger partial charge in [-0.25, -0.2) is 14.4 Å². The molecule has 0 aliphatic carbocycles. The highest BCUT2D eigenvalue weighted by Crippen LogP contribution is 2.29. The van der Waals surface area contributed by atoms with Crippen LogP contribution in [0.4, 0.5) is 4.39 Å². The third-order valence-corrected chi connectivity index (χ3v) is 3.65. The van der Waals surface area contributed by atoms with Crippen LogP contribution in [0.25, 0.3) is 22.2 Å². The Labute approximate surface area is 138 Å². The van der Waals surface area contributed by atoms with E-state index in [1.165, 1.54) is 12.1 Å². The number of para-hydroxylation sites is 1. The number of aromatic nitrogens is 2. The molecule has 0 N–H and O–H groups in total. The average molecular weight is 315 g/mol. The standard InChI is InChI=1S/C20H12FN2O/c21-15-8-10-16(11-9-15)24-17-5-3-4-14(12-17)20-18-6-1-2-7-19(18)22-13-23-20/h1-12H. The van der Waals surface area contributed by atoms with Crippen molar-refractivity contribution >= 4 is 10.9 Å². The zero-order valence-electron chi connectivity index (χ0n) is 12.6. The summed E-state index contributed by atoms with van der Waals surface area (Å²) in [4.78, 5) is 8.46. The van der Waals surface area contributed by atoms with Crippen LogP contribution >= 0.6 is 0 Å². The molecule has 4 aromatic rings. The summed E-state index contributed by atoms with van der Waals surface area (Å²) >= 11 is 0. The van der Waals surface area contributed by atoms with E-state index < -0.39 is 0 Å². The van der Waals surface area contributed by atoms with Crippen molar-refractivity contribution in [2.75, 3.05) is 0 Å². The first-order valence-corrected chi connectivity index (χ1v) is 7.46. The lowest BCUT2D eigenvalue weighted by Gasteiger charge is -2.09. The van der Waals surface area contributed by atoms with Crippen LogP contribution in [0.1, 0.15) is 0 Å². The second-order valence-corrected chi connectivity index (χ2v) is 5.27. The molecule has 0 aliphatic rings. The predicted octanol–water partition coefficient (Wildman–Crippen LogP) is 5.03. The first-order chi connectivity index (χ1) is 11.8. The summed E-state index contributed by atoms with van der Waals surface area (Å²) in [6.07, 6.45) is 2.70. The van der Waals surface area contributed by atoms with Crippen molar-refractivity contribution in [3.8, 4) is 22.8 Å². The molecule has 0 bridgehead atoms. The largest absolute Gasteiger partial charge is 0.457 e. The van der Waals surface area contributed by atoms with Crippen LogP contribution in [-0.2, 0) is 0 Å². The fourth-order valence-electron chi connectivity index (χ4n) is 2.53. The normalized spacial score (nSPS) is 10.7. The molecule has 4 rings (SSSR count). The van der Waals surface area contributed by atoms with Gasteiger partial charge in [-0.15, -0.1) is 0 Å². The van der Waals surface area contributed by atoms with Crippen LogP contribution in [0.3, 0.4) is 0 Å². The van der Waals surface area contributed by atoms with Crippen molar-refractivity contribution in [2.45, 2.75) is 0 Å². The molecule has 0 atom stereocenters. The minimum atomic E-state index is -0.293. The number of hydrogen-bond acceptors (Lipinski definition) is 3. The minimum absolute atomic E-state index is 0.293. The molecule has 0 unspecified atom stereocenters. The summed E-state index contributed by atoms with van der Waals surface area (Å²) in [5.74, 6) is 0.938. The second-order valence-electron chi connectivity index (χ2n) is 5.27. The molecule has 0 spiro atoms. The van der Waals surface area contributed by atoms with Crippen LogP contribution in [0.5, 0.6) is 11.5 Å². The van der Waals surface area contributed by atoms with Gasteiger partial charge in [0.15, 0.2) is 6.33 Å². The highest BCUT2D eigenvalue weighted by atomic mass is 19.1. The number of ether oxygens (including phenoxy) is 1. The Morgan fingerprint density at radius 1 is 0.792 bits per heavy atom. The van der Waals surface area contributed by atoms with Gasteiger partial charge < -0.3 is 4.74 Å². The zero-order valence-corrected chi connectivity index (χ0v) is 12.6. The number of halogens is 1. The van der Waals surface area contributed by atoms with E-state index in [1.807, 2.05) is 48.5 Å². The Morgan fingerprint density at radius 3 is 2.50 bits per heavy atom. The van der Waals surface area contributed by atoms with E-state index >= 15 is 0 Å². The molecule has 0 aliphatic heterocycles. The van der Waals surface area contributed by atoms with E-state index in [-0.39, 0.29) is 5.82 Å². The third-order valence-electron chi connectivity index (χ3n) is 3.65. The maximum absolute atomic E-state index is 13.0. The highest BCUT2D eigenvalue weighted by molar-refractivity contribution is 5.92. The quantitative estimate of drug-likeness (QED) is 0.532. The monoisotopic (exact) mass is 315 g/mol. The molecule has 3 nitrogen and oxygen atoms in total. The molecule has 1 radical (unpaired) electrons. The lowest BCUT2D eigenvalue weighted by Crippen LogP contribution is -1.90. The van der Waals surface area contributed by atoms with Crippen molar-refractivity contribution in [3.63, 3.8) is 0 Å². The van der Waals surface area contributed by atoms with E-state index in [9.17, 15) is 4.39 Å². The summed E-state index contributed by atoms with van der Waals surface area (Å²) < 4.78 is 18.8. The molecule has 3 aromatic carbocycles. The minimum Gasteiger partial charge on any atom is -0.457 e. The smallest absolute Gasteiger partial charge is 0.198 e. The van der Waals surface area contributed by atoms with Gasteiger partial charge in [-0.2, -0.15) is 0 Å². The molecule has 0 amide bonds. The third kappa shape index (κ3) is 2.82. The van der Waals surface area contributed by atoms with Crippen molar-refractivity contribution in [2.24, 2.45) is 0 Å². The molecule has 0 fully saturated rings. The molecular weight excluding hydrogens is 303 g/mol. The molecule has 1 aromatic heterocycles. The van der Waals surface area contributed by atoms with Crippen LogP contribution in [-0.4, -0.2) is 9.97 Å². The SMILES string of the molecule is Fc1ccc(Oc2cccc(-c3n[c]nc4ccccc34)c2)cc1. The molecule has 115 valence electrons. The fraction of sp³-hybridized carbons (Fsp3) is 0. The summed E-state index contributed by atoms with van der Waals surface area (Å²) in [5.41, 5.74) is 2.54. The Bertz CT molecular complexity index is 994. The van der Waals surface area contributed by atoms with Crippen LogP contribution in [0, 0.1) is 12.1 Å². The van der Waals surface area contributed by atoms with E-state index in [1.54, 1.807) is 12.1 Å². The fourth-order valence-corrected chi connectivity index (χ4v) is 2.53. The van der Waals surface area contributed by atoms with Crippen LogP contribution < -0.4 is 4.74 Å².